The van der Waals surface area contributed by atoms with Gasteiger partial charge in [0.1, 0.15) is 11.3 Å². The van der Waals surface area contributed by atoms with E-state index in [0.29, 0.717) is 37.8 Å². The van der Waals surface area contributed by atoms with Gasteiger partial charge in [0.15, 0.2) is 0 Å². The van der Waals surface area contributed by atoms with E-state index < -0.39 is 32.6 Å². The van der Waals surface area contributed by atoms with Crippen molar-refractivity contribution in [1.82, 2.24) is 4.90 Å². The molecule has 164 valence electrons. The van der Waals surface area contributed by atoms with Gasteiger partial charge in [-0.25, -0.2) is 8.42 Å². The maximum Gasteiger partial charge on any atom is 0.416 e. The summed E-state index contributed by atoms with van der Waals surface area (Å²) in [6.07, 6.45) is -4.70. The number of hydrogen-bond acceptors (Lipinski definition) is 5. The Kier molecular flexibility index (Phi) is 5.40. The van der Waals surface area contributed by atoms with Crippen LogP contribution in [0.4, 0.5) is 18.9 Å². The van der Waals surface area contributed by atoms with Crippen LogP contribution in [0.2, 0.25) is 0 Å². The fraction of sp³-hybridized carbons (Fsp3) is 0.250. The van der Waals surface area contributed by atoms with Crippen LogP contribution in [0.25, 0.3) is 11.0 Å². The monoisotopic (exact) mass is 454 g/mol. The molecular weight excluding hydrogens is 437 g/mol. The smallest absolute Gasteiger partial charge is 0.416 e. The number of hydrogen-bond donors (Lipinski definition) is 1. The molecule has 0 aliphatic carbocycles. The van der Waals surface area contributed by atoms with Crippen molar-refractivity contribution in [2.24, 2.45) is 0 Å². The third-order valence-electron chi connectivity index (χ3n) is 4.80. The van der Waals surface area contributed by atoms with Crippen LogP contribution in [-0.2, 0) is 20.9 Å². The molecule has 0 saturated carbocycles. The molecule has 1 amide bonds. The fourth-order valence-electron chi connectivity index (χ4n) is 3.24. The summed E-state index contributed by atoms with van der Waals surface area (Å²) in [4.78, 5) is 13.9. The molecule has 2 heterocycles. The summed E-state index contributed by atoms with van der Waals surface area (Å²) in [6.45, 7) is 1.26. The highest BCUT2D eigenvalue weighted by molar-refractivity contribution is 7.92. The lowest BCUT2D eigenvalue weighted by atomic mass is 10.2. The van der Waals surface area contributed by atoms with E-state index in [1.165, 1.54) is 4.90 Å². The number of fused-ring (bicyclic) bond motifs is 1. The molecule has 0 atom stereocenters. The lowest BCUT2D eigenvalue weighted by Gasteiger charge is -2.26. The molecule has 0 bridgehead atoms. The summed E-state index contributed by atoms with van der Waals surface area (Å²) in [5.74, 6) is -0.778. The van der Waals surface area contributed by atoms with E-state index in [-0.39, 0.29) is 17.0 Å². The second kappa shape index (κ2) is 7.89. The predicted octanol–water partition coefficient (Wildman–Crippen LogP) is 3.72. The summed E-state index contributed by atoms with van der Waals surface area (Å²) >= 11 is 0. The number of sulfonamides is 1. The number of nitrogens with one attached hydrogen (secondary N) is 1. The molecule has 11 heteroatoms. The van der Waals surface area contributed by atoms with Gasteiger partial charge in [-0.15, -0.1) is 0 Å². The van der Waals surface area contributed by atoms with Gasteiger partial charge in [-0.1, -0.05) is 18.2 Å². The molecule has 4 rings (SSSR count). The number of anilines is 1. The average Bonchev–Trinajstić information content (AvgIpc) is 3.11. The maximum absolute atomic E-state index is 13.0. The van der Waals surface area contributed by atoms with E-state index in [0.717, 1.165) is 18.2 Å². The molecule has 0 radical (unpaired) electrons. The highest BCUT2D eigenvalue weighted by Crippen LogP contribution is 2.35. The molecule has 0 unspecified atom stereocenters. The van der Waals surface area contributed by atoms with Gasteiger partial charge in [0.25, 0.3) is 15.9 Å². The molecular formula is C20H17F3N2O5S. The number of rotatable bonds is 4. The number of carbonyl (C=O) groups is 1. The van der Waals surface area contributed by atoms with Crippen LogP contribution in [-0.4, -0.2) is 45.5 Å². The molecule has 0 spiro atoms. The summed E-state index contributed by atoms with van der Waals surface area (Å²) in [5, 5.41) is 0.315. The van der Waals surface area contributed by atoms with Gasteiger partial charge in [0.05, 0.1) is 23.7 Å². The van der Waals surface area contributed by atoms with Crippen molar-refractivity contribution in [3.05, 3.63) is 59.9 Å². The minimum atomic E-state index is -4.70. The number of para-hydroxylation sites is 1. The van der Waals surface area contributed by atoms with Gasteiger partial charge >= 0.3 is 6.18 Å². The first kappa shape index (κ1) is 21.2. The van der Waals surface area contributed by atoms with E-state index in [1.807, 2.05) is 0 Å². The first-order chi connectivity index (χ1) is 14.7. The number of alkyl halides is 3. The average molecular weight is 454 g/mol. The van der Waals surface area contributed by atoms with Crippen molar-refractivity contribution in [3.8, 4) is 0 Å². The number of nitrogens with zero attached hydrogens (tertiary/aromatic N) is 1. The number of ether oxygens (including phenoxy) is 1. The zero-order valence-corrected chi connectivity index (χ0v) is 16.8. The molecule has 1 aliphatic rings. The molecule has 1 saturated heterocycles. The molecule has 1 fully saturated rings. The van der Waals surface area contributed by atoms with Crippen LogP contribution in [0.1, 0.15) is 16.1 Å². The zero-order valence-electron chi connectivity index (χ0n) is 16.0. The van der Waals surface area contributed by atoms with Crippen LogP contribution in [0.5, 0.6) is 0 Å². The normalized spacial score (nSPS) is 15.3. The molecule has 31 heavy (non-hydrogen) atoms. The van der Waals surface area contributed by atoms with E-state index in [9.17, 15) is 26.4 Å². The lowest BCUT2D eigenvalue weighted by molar-refractivity contribution is -0.137. The minimum absolute atomic E-state index is 0.121. The van der Waals surface area contributed by atoms with Gasteiger partial charge in [-0.05, 0) is 30.3 Å². The topological polar surface area (TPSA) is 88.8 Å². The Bertz CT molecular complexity index is 1230. The highest BCUT2D eigenvalue weighted by Gasteiger charge is 2.33. The highest BCUT2D eigenvalue weighted by atomic mass is 32.2. The minimum Gasteiger partial charge on any atom is -0.449 e. The largest absolute Gasteiger partial charge is 0.449 e. The first-order valence-electron chi connectivity index (χ1n) is 9.25. The quantitative estimate of drug-likeness (QED) is 0.649. The Hall–Kier alpha value is -3.05. The Balaban J connectivity index is 1.76. The molecule has 2 aromatic carbocycles. The number of amides is 1. The van der Waals surface area contributed by atoms with Gasteiger partial charge < -0.3 is 14.1 Å². The van der Waals surface area contributed by atoms with Crippen molar-refractivity contribution >= 4 is 32.6 Å². The number of halogens is 3. The van der Waals surface area contributed by atoms with Gasteiger partial charge in [-0.3, -0.25) is 9.52 Å². The second-order valence-electron chi connectivity index (χ2n) is 6.84. The van der Waals surface area contributed by atoms with Crippen LogP contribution < -0.4 is 4.72 Å². The van der Waals surface area contributed by atoms with Crippen LogP contribution in [0.15, 0.2) is 57.8 Å². The Morgan fingerprint density at radius 1 is 1.03 bits per heavy atom. The van der Waals surface area contributed by atoms with Gasteiger partial charge in [0.2, 0.25) is 5.76 Å². The molecule has 7 nitrogen and oxygen atoms in total. The van der Waals surface area contributed by atoms with Crippen molar-refractivity contribution in [2.75, 3.05) is 31.0 Å². The van der Waals surface area contributed by atoms with Crippen LogP contribution in [0, 0.1) is 0 Å². The number of morpholine rings is 1. The predicted molar refractivity (Wildman–Crippen MR) is 105 cm³/mol. The van der Waals surface area contributed by atoms with Crippen LogP contribution in [0.3, 0.4) is 0 Å². The van der Waals surface area contributed by atoms with Gasteiger partial charge in [-0.2, -0.15) is 13.2 Å². The number of carbonyl (C=O) groups excluding carboxylic acids is 1. The summed E-state index contributed by atoms with van der Waals surface area (Å²) in [5.41, 5.74) is -0.956. The first-order valence-corrected chi connectivity index (χ1v) is 10.7. The third kappa shape index (κ3) is 4.23. The van der Waals surface area contributed by atoms with Crippen LogP contribution >= 0.6 is 0 Å². The summed E-state index contributed by atoms with van der Waals surface area (Å²) in [6, 6.07) is 9.76. The van der Waals surface area contributed by atoms with Gasteiger partial charge in [0, 0.05) is 18.5 Å². The standard InChI is InChI=1S/C20H17F3N2O5S/c21-20(22,23)13-4-3-5-14(12-13)31(27,28)24-17-15-6-1-2-7-16(15)30-18(17)19(26)25-8-10-29-11-9-25/h1-7,12,24H,8-11H2. The number of furan rings is 1. The molecule has 1 N–H and O–H groups in total. The molecule has 3 aromatic rings. The van der Waals surface area contributed by atoms with Crippen molar-refractivity contribution < 1.29 is 35.5 Å². The van der Waals surface area contributed by atoms with E-state index in [1.54, 1.807) is 24.3 Å². The second-order valence-corrected chi connectivity index (χ2v) is 8.52. The lowest BCUT2D eigenvalue weighted by Crippen LogP contribution is -2.40. The Labute approximate surface area is 175 Å². The van der Waals surface area contributed by atoms with E-state index >= 15 is 0 Å². The maximum atomic E-state index is 13.0. The van der Waals surface area contributed by atoms with E-state index in [4.69, 9.17) is 9.15 Å². The van der Waals surface area contributed by atoms with E-state index in [2.05, 4.69) is 4.72 Å². The van der Waals surface area contributed by atoms with Crippen molar-refractivity contribution in [3.63, 3.8) is 0 Å². The SMILES string of the molecule is O=C(c1oc2ccccc2c1NS(=O)(=O)c1cccc(C(F)(F)F)c1)N1CCOCC1. The third-order valence-corrected chi connectivity index (χ3v) is 6.14. The Morgan fingerprint density at radius 3 is 2.45 bits per heavy atom. The number of benzene rings is 2. The Morgan fingerprint density at radius 2 is 1.74 bits per heavy atom. The van der Waals surface area contributed by atoms with Crippen molar-refractivity contribution in [2.45, 2.75) is 11.1 Å². The molecule has 1 aromatic heterocycles. The summed E-state index contributed by atoms with van der Waals surface area (Å²) in [7, 11) is -4.45. The fourth-order valence-corrected chi connectivity index (χ4v) is 4.37. The van der Waals surface area contributed by atoms with Crippen molar-refractivity contribution in [1.29, 1.82) is 0 Å². The zero-order chi connectivity index (χ0) is 22.2. The summed E-state index contributed by atoms with van der Waals surface area (Å²) < 4.78 is 78.0. The molecule has 1 aliphatic heterocycles.